The molecule has 1 aliphatic rings. The molecule has 0 saturated carbocycles. The van der Waals surface area contributed by atoms with E-state index in [4.69, 9.17) is 0 Å². The minimum absolute atomic E-state index is 0.139. The van der Waals surface area contributed by atoms with E-state index in [9.17, 15) is 10.5 Å². The van der Waals surface area contributed by atoms with Crippen LogP contribution in [0.2, 0.25) is 0 Å². The molecule has 0 aliphatic carbocycles. The van der Waals surface area contributed by atoms with Gasteiger partial charge in [0.05, 0.1) is 17.1 Å². The van der Waals surface area contributed by atoms with E-state index in [2.05, 4.69) is 34.1 Å². The van der Waals surface area contributed by atoms with Crippen molar-refractivity contribution in [2.45, 2.75) is 25.3 Å². The van der Waals surface area contributed by atoms with Crippen LogP contribution in [0.15, 0.2) is 22.7 Å². The van der Waals surface area contributed by atoms with Crippen LogP contribution in [0.1, 0.15) is 30.1 Å². The van der Waals surface area contributed by atoms with E-state index in [1.807, 2.05) is 16.7 Å². The highest BCUT2D eigenvalue weighted by Crippen LogP contribution is 2.34. The van der Waals surface area contributed by atoms with Crippen molar-refractivity contribution in [3.8, 4) is 12.1 Å². The van der Waals surface area contributed by atoms with Gasteiger partial charge in [-0.2, -0.15) is 10.5 Å². The lowest BCUT2D eigenvalue weighted by molar-refractivity contribution is 0.490. The average molecular weight is 300 g/mol. The van der Waals surface area contributed by atoms with Crippen LogP contribution >= 0.6 is 15.9 Å². The van der Waals surface area contributed by atoms with E-state index >= 15 is 0 Å². The molecule has 0 fully saturated rings. The van der Waals surface area contributed by atoms with Crippen molar-refractivity contribution >= 4 is 26.8 Å². The van der Waals surface area contributed by atoms with Gasteiger partial charge in [-0.1, -0.05) is 15.9 Å². The summed E-state index contributed by atoms with van der Waals surface area (Å²) in [5.74, 6) is 0. The Morgan fingerprint density at radius 3 is 2.83 bits per heavy atom. The number of rotatable bonds is 0. The summed E-state index contributed by atoms with van der Waals surface area (Å²) in [6, 6.07) is 10.4. The highest BCUT2D eigenvalue weighted by molar-refractivity contribution is 9.10. The van der Waals surface area contributed by atoms with Gasteiger partial charge in [0.25, 0.3) is 0 Å². The van der Waals surface area contributed by atoms with Crippen molar-refractivity contribution in [3.05, 3.63) is 33.9 Å². The first-order valence-electron chi connectivity index (χ1n) is 5.87. The molecule has 3 nitrogen and oxygen atoms in total. The zero-order valence-corrected chi connectivity index (χ0v) is 11.2. The van der Waals surface area contributed by atoms with E-state index in [-0.39, 0.29) is 6.04 Å². The molecule has 0 N–H and O–H groups in total. The molecule has 0 saturated heterocycles. The Morgan fingerprint density at radius 1 is 1.28 bits per heavy atom. The van der Waals surface area contributed by atoms with E-state index in [1.54, 1.807) is 0 Å². The first-order chi connectivity index (χ1) is 8.74. The molecule has 0 spiro atoms. The molecule has 1 aromatic heterocycles. The normalized spacial score (nSPS) is 18.1. The lowest BCUT2D eigenvalue weighted by atomic mass is 10.0. The molecule has 18 heavy (non-hydrogen) atoms. The fraction of sp³-hybridized carbons (Fsp3) is 0.286. The smallest absolute Gasteiger partial charge is 0.121 e. The van der Waals surface area contributed by atoms with Gasteiger partial charge in [0, 0.05) is 15.6 Å². The number of aromatic nitrogens is 1. The fourth-order valence-electron chi connectivity index (χ4n) is 2.75. The van der Waals surface area contributed by atoms with Crippen LogP contribution in [0.4, 0.5) is 0 Å². The van der Waals surface area contributed by atoms with Crippen LogP contribution in [-0.2, 0) is 6.42 Å². The van der Waals surface area contributed by atoms with Crippen LogP contribution in [0.25, 0.3) is 10.9 Å². The molecular formula is C14H10BrN3. The molecule has 2 heterocycles. The molecule has 1 aromatic carbocycles. The molecule has 2 aromatic rings. The molecule has 0 bridgehead atoms. The van der Waals surface area contributed by atoms with Gasteiger partial charge in [0.15, 0.2) is 0 Å². The number of hydrogen-bond donors (Lipinski definition) is 0. The number of benzene rings is 1. The first-order valence-corrected chi connectivity index (χ1v) is 6.67. The molecule has 88 valence electrons. The Balaban J connectivity index is 2.41. The van der Waals surface area contributed by atoms with Crippen molar-refractivity contribution in [3.63, 3.8) is 0 Å². The van der Waals surface area contributed by atoms with E-state index in [0.29, 0.717) is 5.56 Å². The van der Waals surface area contributed by atoms with E-state index in [1.165, 1.54) is 0 Å². The second kappa shape index (κ2) is 4.15. The third-order valence-corrected chi connectivity index (χ3v) is 3.93. The number of halogens is 1. The number of aryl methyl sites for hydroxylation is 1. The van der Waals surface area contributed by atoms with Gasteiger partial charge in [-0.15, -0.1) is 0 Å². The molecule has 3 rings (SSSR count). The number of nitrogens with zero attached hydrogens (tertiary/aromatic N) is 3. The summed E-state index contributed by atoms with van der Waals surface area (Å²) >= 11 is 3.42. The lowest BCUT2D eigenvalue weighted by Gasteiger charge is -2.21. The minimum atomic E-state index is -0.139. The SMILES string of the molecule is N#Cc1cc(Br)cc2cc3n(c12)C(C#N)CCC3. The highest BCUT2D eigenvalue weighted by Gasteiger charge is 2.23. The molecular weight excluding hydrogens is 290 g/mol. The molecule has 0 amide bonds. The summed E-state index contributed by atoms with van der Waals surface area (Å²) < 4.78 is 2.95. The van der Waals surface area contributed by atoms with Crippen LogP contribution in [0, 0.1) is 22.7 Å². The van der Waals surface area contributed by atoms with Gasteiger partial charge in [0.2, 0.25) is 0 Å². The van der Waals surface area contributed by atoms with Crippen LogP contribution in [0.5, 0.6) is 0 Å². The Labute approximate surface area is 113 Å². The molecule has 0 radical (unpaired) electrons. The maximum Gasteiger partial charge on any atom is 0.121 e. The Morgan fingerprint density at radius 2 is 2.11 bits per heavy atom. The van der Waals surface area contributed by atoms with Crippen molar-refractivity contribution in [1.29, 1.82) is 10.5 Å². The Kier molecular flexibility index (Phi) is 2.61. The Bertz CT molecular complexity index is 715. The number of hydrogen-bond acceptors (Lipinski definition) is 2. The van der Waals surface area contributed by atoms with Crippen molar-refractivity contribution in [2.24, 2.45) is 0 Å². The minimum Gasteiger partial charge on any atom is -0.327 e. The van der Waals surface area contributed by atoms with Gasteiger partial charge in [-0.3, -0.25) is 0 Å². The molecule has 1 unspecified atom stereocenters. The second-order valence-electron chi connectivity index (χ2n) is 4.55. The highest BCUT2D eigenvalue weighted by atomic mass is 79.9. The summed E-state index contributed by atoms with van der Waals surface area (Å²) in [5.41, 5.74) is 2.70. The third-order valence-electron chi connectivity index (χ3n) is 3.47. The van der Waals surface area contributed by atoms with Crippen molar-refractivity contribution in [1.82, 2.24) is 4.57 Å². The maximum atomic E-state index is 9.27. The van der Waals surface area contributed by atoms with Crippen LogP contribution in [-0.4, -0.2) is 4.57 Å². The zero-order chi connectivity index (χ0) is 12.7. The monoisotopic (exact) mass is 299 g/mol. The van der Waals surface area contributed by atoms with Crippen LogP contribution < -0.4 is 0 Å². The van der Waals surface area contributed by atoms with Crippen molar-refractivity contribution in [2.75, 3.05) is 0 Å². The van der Waals surface area contributed by atoms with E-state index < -0.39 is 0 Å². The summed E-state index contributed by atoms with van der Waals surface area (Å²) in [6.45, 7) is 0. The van der Waals surface area contributed by atoms with Gasteiger partial charge < -0.3 is 4.57 Å². The summed E-state index contributed by atoms with van der Waals surface area (Å²) in [4.78, 5) is 0. The second-order valence-corrected chi connectivity index (χ2v) is 5.46. The maximum absolute atomic E-state index is 9.27. The summed E-state index contributed by atoms with van der Waals surface area (Å²) in [5, 5.41) is 19.6. The zero-order valence-electron chi connectivity index (χ0n) is 9.65. The standard InChI is InChI=1S/C14H10BrN3/c15-11-4-9-6-12-2-1-3-13(8-17)18(12)14(9)10(5-11)7-16/h4-6,13H,1-3H2. The summed E-state index contributed by atoms with van der Waals surface area (Å²) in [7, 11) is 0. The van der Waals surface area contributed by atoms with Gasteiger partial charge in [0.1, 0.15) is 12.1 Å². The number of fused-ring (bicyclic) bond motifs is 3. The number of nitriles is 2. The predicted molar refractivity (Wildman–Crippen MR) is 71.9 cm³/mol. The molecule has 1 aliphatic heterocycles. The van der Waals surface area contributed by atoms with Gasteiger partial charge in [-0.05, 0) is 37.5 Å². The predicted octanol–water partition coefficient (Wildman–Crippen LogP) is 3.68. The van der Waals surface area contributed by atoms with Crippen LogP contribution in [0.3, 0.4) is 0 Å². The largest absolute Gasteiger partial charge is 0.327 e. The average Bonchev–Trinajstić information content (AvgIpc) is 2.75. The van der Waals surface area contributed by atoms with E-state index in [0.717, 1.165) is 40.3 Å². The van der Waals surface area contributed by atoms with Crippen molar-refractivity contribution < 1.29 is 0 Å². The Hall–Kier alpha value is -1.78. The van der Waals surface area contributed by atoms with Gasteiger partial charge >= 0.3 is 0 Å². The van der Waals surface area contributed by atoms with Gasteiger partial charge in [-0.25, -0.2) is 0 Å². The molecule has 1 atom stereocenters. The fourth-order valence-corrected chi connectivity index (χ4v) is 3.23. The first kappa shape index (κ1) is 11.3. The molecule has 4 heteroatoms. The summed E-state index contributed by atoms with van der Waals surface area (Å²) in [6.07, 6.45) is 2.89. The third kappa shape index (κ3) is 1.54. The lowest BCUT2D eigenvalue weighted by Crippen LogP contribution is -2.16. The quantitative estimate of drug-likeness (QED) is 0.745. The topological polar surface area (TPSA) is 52.5 Å².